The summed E-state index contributed by atoms with van der Waals surface area (Å²) in [5.41, 5.74) is 2.10. The van der Waals surface area contributed by atoms with E-state index in [4.69, 9.17) is 0 Å². The molecule has 17 heavy (non-hydrogen) atoms. The zero-order valence-electron chi connectivity index (χ0n) is 11.0. The van der Waals surface area contributed by atoms with Crippen LogP contribution < -0.4 is 0 Å². The Morgan fingerprint density at radius 3 is 2.76 bits per heavy atom. The minimum Gasteiger partial charge on any atom is -0.385 e. The second-order valence-corrected chi connectivity index (χ2v) is 5.89. The van der Waals surface area contributed by atoms with Gasteiger partial charge in [-0.05, 0) is 49.7 Å². The zero-order chi connectivity index (χ0) is 12.8. The van der Waals surface area contributed by atoms with Gasteiger partial charge in [-0.1, -0.05) is 19.1 Å². The van der Waals surface area contributed by atoms with Crippen LogP contribution in [0.15, 0.2) is 23.3 Å². The molecule has 1 N–H and O–H groups in total. The highest BCUT2D eigenvalue weighted by atomic mass is 16.3. The molecular formula is C15H22O2. The molecule has 2 nitrogen and oxygen atoms in total. The maximum absolute atomic E-state index is 11.8. The molecule has 0 heterocycles. The van der Waals surface area contributed by atoms with Crippen molar-refractivity contribution < 1.29 is 9.90 Å². The smallest absolute Gasteiger partial charge is 0.159 e. The predicted molar refractivity (Wildman–Crippen MR) is 68.6 cm³/mol. The Bertz CT molecular complexity index is 405. The summed E-state index contributed by atoms with van der Waals surface area (Å²) in [5, 5.41) is 10.7. The van der Waals surface area contributed by atoms with Crippen molar-refractivity contribution in [2.75, 3.05) is 0 Å². The monoisotopic (exact) mass is 234 g/mol. The lowest BCUT2D eigenvalue weighted by atomic mass is 9.84. The lowest BCUT2D eigenvalue weighted by molar-refractivity contribution is -0.115. The fraction of sp³-hybridized carbons (Fsp3) is 0.667. The number of fused-ring (bicyclic) bond motifs is 1. The number of rotatable bonds is 1. The van der Waals surface area contributed by atoms with E-state index in [9.17, 15) is 9.90 Å². The molecule has 0 saturated heterocycles. The van der Waals surface area contributed by atoms with Crippen LogP contribution in [0.4, 0.5) is 0 Å². The molecule has 2 rings (SSSR count). The number of carbonyl (C=O) groups is 1. The van der Waals surface area contributed by atoms with Gasteiger partial charge in [0.15, 0.2) is 5.78 Å². The Kier molecular flexibility index (Phi) is 3.03. The van der Waals surface area contributed by atoms with Crippen LogP contribution in [0.5, 0.6) is 0 Å². The lowest BCUT2D eigenvalue weighted by Gasteiger charge is -2.28. The van der Waals surface area contributed by atoms with Gasteiger partial charge < -0.3 is 5.11 Å². The summed E-state index contributed by atoms with van der Waals surface area (Å²) in [4.78, 5) is 11.8. The van der Waals surface area contributed by atoms with E-state index >= 15 is 0 Å². The Balaban J connectivity index is 2.40. The third-order valence-corrected chi connectivity index (χ3v) is 4.73. The third-order valence-electron chi connectivity index (χ3n) is 4.73. The summed E-state index contributed by atoms with van der Waals surface area (Å²) < 4.78 is 0. The summed E-state index contributed by atoms with van der Waals surface area (Å²) in [5.74, 6) is 1.11. The van der Waals surface area contributed by atoms with Gasteiger partial charge in [-0.3, -0.25) is 4.79 Å². The lowest BCUT2D eigenvalue weighted by Crippen LogP contribution is -2.29. The van der Waals surface area contributed by atoms with E-state index in [1.807, 2.05) is 13.8 Å². The number of hydrogen-bond donors (Lipinski definition) is 1. The van der Waals surface area contributed by atoms with Crippen molar-refractivity contribution in [3.05, 3.63) is 23.3 Å². The number of Topliss-reactive ketones (excluding diaryl/α,β-unsaturated/α-hetero) is 1. The first-order valence-electron chi connectivity index (χ1n) is 6.46. The molecule has 0 amide bonds. The van der Waals surface area contributed by atoms with Crippen LogP contribution in [0, 0.1) is 11.8 Å². The van der Waals surface area contributed by atoms with Gasteiger partial charge in [0, 0.05) is 12.8 Å². The molecule has 0 radical (unpaired) electrons. The van der Waals surface area contributed by atoms with Gasteiger partial charge in [0.05, 0.1) is 5.60 Å². The number of allylic oxidation sites excluding steroid dienone is 1. The molecule has 3 atom stereocenters. The Labute approximate surface area is 103 Å². The van der Waals surface area contributed by atoms with Gasteiger partial charge in [0.1, 0.15) is 0 Å². The highest BCUT2D eigenvalue weighted by molar-refractivity contribution is 5.98. The molecule has 0 bridgehead atoms. The molecule has 0 aromatic carbocycles. The van der Waals surface area contributed by atoms with Crippen molar-refractivity contribution in [3.8, 4) is 0 Å². The molecule has 0 aromatic rings. The molecule has 0 aromatic heterocycles. The van der Waals surface area contributed by atoms with Crippen molar-refractivity contribution >= 4 is 5.78 Å². The second-order valence-electron chi connectivity index (χ2n) is 5.89. The van der Waals surface area contributed by atoms with Gasteiger partial charge in [0.25, 0.3) is 0 Å². The van der Waals surface area contributed by atoms with Crippen molar-refractivity contribution in [1.82, 2.24) is 0 Å². The normalized spacial score (nSPS) is 38.0. The Morgan fingerprint density at radius 1 is 1.53 bits per heavy atom. The molecular weight excluding hydrogens is 212 g/mol. The minimum atomic E-state index is -0.801. The summed E-state index contributed by atoms with van der Waals surface area (Å²) in [6.45, 7) is 9.91. The van der Waals surface area contributed by atoms with Crippen LogP contribution in [-0.4, -0.2) is 16.5 Å². The van der Waals surface area contributed by atoms with E-state index in [1.54, 1.807) is 0 Å². The predicted octanol–water partition coefficient (Wildman–Crippen LogP) is 3.02. The topological polar surface area (TPSA) is 37.3 Å². The van der Waals surface area contributed by atoms with Crippen molar-refractivity contribution in [3.63, 3.8) is 0 Å². The van der Waals surface area contributed by atoms with Gasteiger partial charge in [-0.2, -0.15) is 0 Å². The zero-order valence-corrected chi connectivity index (χ0v) is 11.0. The number of hydrogen-bond acceptors (Lipinski definition) is 2. The van der Waals surface area contributed by atoms with Gasteiger partial charge in [0.2, 0.25) is 0 Å². The van der Waals surface area contributed by atoms with Crippen LogP contribution in [0.3, 0.4) is 0 Å². The van der Waals surface area contributed by atoms with E-state index in [-0.39, 0.29) is 5.78 Å². The van der Waals surface area contributed by atoms with Gasteiger partial charge >= 0.3 is 0 Å². The standard InChI is InChI=1S/C15H22O2/c1-9(2)15(17)6-5-10(3)12-7-14(16)11(4)13(12)8-15/h10,12,17H,1,5-8H2,2-4H3/t10-,12-,15+/m0/s1. The highest BCUT2D eigenvalue weighted by Crippen LogP contribution is 2.46. The Hall–Kier alpha value is -0.890. The molecule has 1 saturated carbocycles. The van der Waals surface area contributed by atoms with Crippen molar-refractivity contribution in [1.29, 1.82) is 0 Å². The first-order valence-corrected chi connectivity index (χ1v) is 6.46. The summed E-state index contributed by atoms with van der Waals surface area (Å²) >= 11 is 0. The van der Waals surface area contributed by atoms with E-state index < -0.39 is 5.60 Å². The molecule has 0 aliphatic heterocycles. The molecule has 2 aliphatic rings. The molecule has 1 fully saturated rings. The molecule has 2 aliphatic carbocycles. The van der Waals surface area contributed by atoms with E-state index in [0.29, 0.717) is 24.7 Å². The molecule has 0 unspecified atom stereocenters. The second kappa shape index (κ2) is 4.09. The van der Waals surface area contributed by atoms with Crippen LogP contribution >= 0.6 is 0 Å². The summed E-state index contributed by atoms with van der Waals surface area (Å²) in [6, 6.07) is 0. The van der Waals surface area contributed by atoms with Crippen molar-refractivity contribution in [2.24, 2.45) is 11.8 Å². The molecule has 2 heteroatoms. The quantitative estimate of drug-likeness (QED) is 0.708. The number of carbonyl (C=O) groups excluding carboxylic acids is 1. The van der Waals surface area contributed by atoms with Crippen LogP contribution in [0.2, 0.25) is 0 Å². The SMILES string of the molecule is C=C(C)[C@@]1(O)CC[C@H](C)[C@@H]2CC(=O)C(C)=C2C1. The largest absolute Gasteiger partial charge is 0.385 e. The van der Waals surface area contributed by atoms with Crippen LogP contribution in [0.25, 0.3) is 0 Å². The van der Waals surface area contributed by atoms with E-state index in [1.165, 1.54) is 5.57 Å². The van der Waals surface area contributed by atoms with E-state index in [0.717, 1.165) is 24.0 Å². The summed E-state index contributed by atoms with van der Waals surface area (Å²) in [7, 11) is 0. The first kappa shape index (κ1) is 12.6. The van der Waals surface area contributed by atoms with Gasteiger partial charge in [-0.15, -0.1) is 0 Å². The Morgan fingerprint density at radius 2 is 2.18 bits per heavy atom. The maximum atomic E-state index is 11.8. The van der Waals surface area contributed by atoms with Crippen LogP contribution in [0.1, 0.15) is 46.5 Å². The third kappa shape index (κ3) is 1.99. The highest BCUT2D eigenvalue weighted by Gasteiger charge is 2.42. The average Bonchev–Trinajstić information content (AvgIpc) is 2.45. The van der Waals surface area contributed by atoms with Crippen molar-refractivity contribution in [2.45, 2.75) is 52.1 Å². The summed E-state index contributed by atoms with van der Waals surface area (Å²) in [6.07, 6.45) is 2.99. The van der Waals surface area contributed by atoms with Crippen LogP contribution in [-0.2, 0) is 4.79 Å². The number of aliphatic hydroxyl groups is 1. The number of ketones is 1. The maximum Gasteiger partial charge on any atom is 0.159 e. The average molecular weight is 234 g/mol. The molecule has 0 spiro atoms. The fourth-order valence-electron chi connectivity index (χ4n) is 3.18. The fourth-order valence-corrected chi connectivity index (χ4v) is 3.18. The van der Waals surface area contributed by atoms with E-state index in [2.05, 4.69) is 13.5 Å². The molecule has 94 valence electrons. The van der Waals surface area contributed by atoms with Gasteiger partial charge in [-0.25, -0.2) is 0 Å². The minimum absolute atomic E-state index is 0.266. The first-order chi connectivity index (χ1) is 7.85.